The Balaban J connectivity index is 1.07. The highest BCUT2D eigenvalue weighted by Crippen LogP contribution is 2.26. The van der Waals surface area contributed by atoms with E-state index in [0.717, 1.165) is 26.2 Å². The summed E-state index contributed by atoms with van der Waals surface area (Å²) in [6, 6.07) is 13.8. The lowest BCUT2D eigenvalue weighted by Crippen LogP contribution is -2.45. The average molecular weight is 405 g/mol. The van der Waals surface area contributed by atoms with Crippen molar-refractivity contribution in [2.45, 2.75) is 25.4 Å². The Hall–Kier alpha value is -2.21. The molecule has 0 bridgehead atoms. The number of likely N-dealkylation sites (tertiary alicyclic amines) is 1. The van der Waals surface area contributed by atoms with Gasteiger partial charge in [-0.3, -0.25) is 4.98 Å². The van der Waals surface area contributed by atoms with E-state index in [9.17, 15) is 0 Å². The van der Waals surface area contributed by atoms with Crippen LogP contribution in [0.15, 0.2) is 54.9 Å². The molecule has 2 aliphatic rings. The van der Waals surface area contributed by atoms with Crippen LogP contribution >= 0.6 is 11.3 Å². The quantitative estimate of drug-likeness (QED) is 0.660. The summed E-state index contributed by atoms with van der Waals surface area (Å²) in [6.07, 6.45) is 10.8. The van der Waals surface area contributed by atoms with Crippen molar-refractivity contribution < 1.29 is 0 Å². The smallest absolute Gasteiger partial charge is 0.0629 e. The van der Waals surface area contributed by atoms with Crippen molar-refractivity contribution in [3.05, 3.63) is 65.3 Å². The molecule has 1 fully saturated rings. The van der Waals surface area contributed by atoms with Gasteiger partial charge in [-0.05, 0) is 49.5 Å². The van der Waals surface area contributed by atoms with E-state index in [4.69, 9.17) is 0 Å². The second-order valence-electron chi connectivity index (χ2n) is 8.03. The number of thiophene rings is 1. The zero-order valence-electron chi connectivity index (χ0n) is 16.8. The Morgan fingerprint density at radius 3 is 2.90 bits per heavy atom. The monoisotopic (exact) mass is 404 g/mol. The lowest BCUT2D eigenvalue weighted by Gasteiger charge is -2.35. The third-order valence-electron chi connectivity index (χ3n) is 6.11. The summed E-state index contributed by atoms with van der Waals surface area (Å²) >= 11 is 1.92. The van der Waals surface area contributed by atoms with E-state index in [2.05, 4.69) is 68.7 Å². The molecule has 4 nitrogen and oxygen atoms in total. The van der Waals surface area contributed by atoms with Crippen LogP contribution in [-0.2, 0) is 6.54 Å². The molecule has 2 aromatic heterocycles. The Morgan fingerprint density at radius 1 is 1.10 bits per heavy atom. The van der Waals surface area contributed by atoms with Crippen LogP contribution in [0.1, 0.15) is 23.3 Å². The fourth-order valence-electron chi connectivity index (χ4n) is 4.41. The van der Waals surface area contributed by atoms with Crippen LogP contribution in [0, 0.1) is 0 Å². The number of anilines is 1. The van der Waals surface area contributed by atoms with Gasteiger partial charge in [-0.1, -0.05) is 30.4 Å². The van der Waals surface area contributed by atoms with Gasteiger partial charge in [0.2, 0.25) is 0 Å². The molecule has 1 saturated heterocycles. The van der Waals surface area contributed by atoms with Crippen LogP contribution in [0.5, 0.6) is 0 Å². The highest BCUT2D eigenvalue weighted by molar-refractivity contribution is 7.19. The number of hydrogen-bond acceptors (Lipinski definition) is 5. The number of piperidine rings is 1. The lowest BCUT2D eigenvalue weighted by molar-refractivity contribution is 0.201. The van der Waals surface area contributed by atoms with Crippen LogP contribution in [-0.4, -0.2) is 48.6 Å². The Kier molecular flexibility index (Phi) is 5.61. The summed E-state index contributed by atoms with van der Waals surface area (Å²) in [7, 11) is 0. The SMILES string of the molecule is C1=Cc2ccncc2N(CCN2CCC(NCc3cc4ccccc4s3)CC2)C1. The molecule has 0 aliphatic carbocycles. The average Bonchev–Trinajstić information content (AvgIpc) is 3.20. The largest absolute Gasteiger partial charge is 0.365 e. The summed E-state index contributed by atoms with van der Waals surface area (Å²) in [5, 5.41) is 5.16. The maximum absolute atomic E-state index is 4.32. The Labute approximate surface area is 176 Å². The molecule has 1 aromatic carbocycles. The molecule has 5 heteroatoms. The van der Waals surface area contributed by atoms with Crippen molar-refractivity contribution in [3.8, 4) is 0 Å². The lowest BCUT2D eigenvalue weighted by atomic mass is 10.0. The minimum Gasteiger partial charge on any atom is -0.365 e. The first kappa shape index (κ1) is 18.8. The van der Waals surface area contributed by atoms with E-state index >= 15 is 0 Å². The minimum absolute atomic E-state index is 0.638. The zero-order chi connectivity index (χ0) is 19.5. The first-order valence-corrected chi connectivity index (χ1v) is 11.5. The summed E-state index contributed by atoms with van der Waals surface area (Å²) in [5.74, 6) is 0. The van der Waals surface area contributed by atoms with E-state index in [0.29, 0.717) is 6.04 Å². The molecule has 29 heavy (non-hydrogen) atoms. The van der Waals surface area contributed by atoms with Crippen LogP contribution in [0.2, 0.25) is 0 Å². The van der Waals surface area contributed by atoms with Gasteiger partial charge in [-0.2, -0.15) is 0 Å². The maximum Gasteiger partial charge on any atom is 0.0629 e. The first-order chi connectivity index (χ1) is 14.3. The van der Waals surface area contributed by atoms with Crippen LogP contribution in [0.3, 0.4) is 0 Å². The van der Waals surface area contributed by atoms with E-state index in [1.807, 2.05) is 23.7 Å². The van der Waals surface area contributed by atoms with Crippen LogP contribution in [0.25, 0.3) is 16.2 Å². The maximum atomic E-state index is 4.32. The summed E-state index contributed by atoms with van der Waals surface area (Å²) in [6.45, 7) is 6.56. The number of rotatable bonds is 6. The van der Waals surface area contributed by atoms with Crippen molar-refractivity contribution in [2.24, 2.45) is 0 Å². The predicted octanol–water partition coefficient (Wildman–Crippen LogP) is 4.38. The molecule has 150 valence electrons. The zero-order valence-corrected chi connectivity index (χ0v) is 17.6. The fraction of sp³-hybridized carbons (Fsp3) is 0.375. The van der Waals surface area contributed by atoms with Crippen LogP contribution in [0.4, 0.5) is 5.69 Å². The molecule has 5 rings (SSSR count). The number of aromatic nitrogens is 1. The van der Waals surface area contributed by atoms with Crippen molar-refractivity contribution in [1.29, 1.82) is 0 Å². The van der Waals surface area contributed by atoms with E-state index < -0.39 is 0 Å². The summed E-state index contributed by atoms with van der Waals surface area (Å²) in [4.78, 5) is 10.8. The molecule has 1 N–H and O–H groups in total. The molecular formula is C24H28N4S. The molecule has 0 unspecified atom stereocenters. The fourth-order valence-corrected chi connectivity index (χ4v) is 5.43. The van der Waals surface area contributed by atoms with Crippen molar-refractivity contribution in [2.75, 3.05) is 37.6 Å². The second-order valence-corrected chi connectivity index (χ2v) is 9.20. The van der Waals surface area contributed by atoms with E-state index in [1.165, 1.54) is 52.1 Å². The van der Waals surface area contributed by atoms with Crippen molar-refractivity contribution in [1.82, 2.24) is 15.2 Å². The molecule has 2 aliphatic heterocycles. The number of hydrogen-bond donors (Lipinski definition) is 1. The Bertz CT molecular complexity index is 954. The molecule has 0 spiro atoms. The van der Waals surface area contributed by atoms with Gasteiger partial charge >= 0.3 is 0 Å². The van der Waals surface area contributed by atoms with Gasteiger partial charge in [0, 0.05) is 53.6 Å². The Morgan fingerprint density at radius 2 is 2.00 bits per heavy atom. The van der Waals surface area contributed by atoms with Crippen molar-refractivity contribution >= 4 is 33.2 Å². The molecule has 0 atom stereocenters. The molecular weight excluding hydrogens is 376 g/mol. The van der Waals surface area contributed by atoms with Crippen molar-refractivity contribution in [3.63, 3.8) is 0 Å². The number of nitrogens with zero attached hydrogens (tertiary/aromatic N) is 3. The molecule has 4 heterocycles. The second kappa shape index (κ2) is 8.66. The van der Waals surface area contributed by atoms with E-state index in [-0.39, 0.29) is 0 Å². The third kappa shape index (κ3) is 4.37. The predicted molar refractivity (Wildman–Crippen MR) is 124 cm³/mol. The normalized spacial score (nSPS) is 17.7. The third-order valence-corrected chi connectivity index (χ3v) is 7.23. The van der Waals surface area contributed by atoms with Gasteiger partial charge in [0.05, 0.1) is 11.9 Å². The number of pyridine rings is 1. The summed E-state index contributed by atoms with van der Waals surface area (Å²) in [5.41, 5.74) is 2.56. The van der Waals surface area contributed by atoms with Gasteiger partial charge in [-0.15, -0.1) is 11.3 Å². The highest BCUT2D eigenvalue weighted by Gasteiger charge is 2.20. The van der Waals surface area contributed by atoms with Gasteiger partial charge in [0.1, 0.15) is 0 Å². The van der Waals surface area contributed by atoms with Gasteiger partial charge < -0.3 is 15.1 Å². The van der Waals surface area contributed by atoms with Gasteiger partial charge in [-0.25, -0.2) is 0 Å². The highest BCUT2D eigenvalue weighted by atomic mass is 32.1. The standard InChI is InChI=1S/C24H28N4S/c1-2-6-24-20(4-1)16-22(29-24)17-26-21-8-12-27(13-9-21)14-15-28-11-3-5-19-7-10-25-18-23(19)28/h1-7,10,16,18,21,26H,8-9,11-15,17H2. The molecule has 0 saturated carbocycles. The van der Waals surface area contributed by atoms with Gasteiger partial charge in [0.25, 0.3) is 0 Å². The summed E-state index contributed by atoms with van der Waals surface area (Å²) < 4.78 is 1.39. The topological polar surface area (TPSA) is 31.4 Å². The molecule has 3 aromatic rings. The van der Waals surface area contributed by atoms with Crippen LogP contribution < -0.4 is 10.2 Å². The first-order valence-electron chi connectivity index (χ1n) is 10.6. The molecule has 0 radical (unpaired) electrons. The van der Waals surface area contributed by atoms with E-state index in [1.54, 1.807) is 0 Å². The number of benzene rings is 1. The minimum atomic E-state index is 0.638. The molecule has 0 amide bonds. The van der Waals surface area contributed by atoms with Gasteiger partial charge in [0.15, 0.2) is 0 Å². The number of nitrogens with one attached hydrogen (secondary N) is 1. The number of fused-ring (bicyclic) bond motifs is 2.